The van der Waals surface area contributed by atoms with Gasteiger partial charge in [0, 0.05) is 12.4 Å². The minimum atomic E-state index is 0.544. The molecule has 0 saturated carbocycles. The molecule has 0 fully saturated rings. The molecule has 1 heteroatoms. The van der Waals surface area contributed by atoms with Crippen molar-refractivity contribution in [2.24, 2.45) is 0 Å². The quantitative estimate of drug-likeness (QED) is 0.726. The van der Waals surface area contributed by atoms with Crippen LogP contribution in [0.3, 0.4) is 0 Å². The number of aryl methyl sites for hydroxylation is 1. The summed E-state index contributed by atoms with van der Waals surface area (Å²) in [5, 5.41) is 0. The lowest BCUT2D eigenvalue weighted by Crippen LogP contribution is -1.99. The SMILES string of the molecule is [CH2]CC(CCCc1ccccc1)c1cccnc1. The van der Waals surface area contributed by atoms with Gasteiger partial charge in [0.05, 0.1) is 0 Å². The Labute approximate surface area is 110 Å². The molecular formula is C17H20N. The van der Waals surface area contributed by atoms with Crippen molar-refractivity contribution < 1.29 is 0 Å². The third-order valence-corrected chi connectivity index (χ3v) is 3.37. The third kappa shape index (κ3) is 3.69. The summed E-state index contributed by atoms with van der Waals surface area (Å²) in [6.45, 7) is 4.06. The van der Waals surface area contributed by atoms with Crippen molar-refractivity contribution in [2.45, 2.75) is 31.6 Å². The maximum Gasteiger partial charge on any atom is 0.0302 e. The summed E-state index contributed by atoms with van der Waals surface area (Å²) in [5.41, 5.74) is 2.74. The van der Waals surface area contributed by atoms with Crippen molar-refractivity contribution in [3.63, 3.8) is 0 Å². The zero-order valence-electron chi connectivity index (χ0n) is 10.8. The highest BCUT2D eigenvalue weighted by Crippen LogP contribution is 2.24. The molecule has 0 amide bonds. The highest BCUT2D eigenvalue weighted by molar-refractivity contribution is 5.16. The van der Waals surface area contributed by atoms with Crippen LogP contribution in [0.25, 0.3) is 0 Å². The summed E-state index contributed by atoms with van der Waals surface area (Å²) in [7, 11) is 0. The first kappa shape index (κ1) is 12.8. The molecular weight excluding hydrogens is 218 g/mol. The van der Waals surface area contributed by atoms with Crippen LogP contribution in [0.1, 0.15) is 36.3 Å². The van der Waals surface area contributed by atoms with Crippen molar-refractivity contribution in [2.75, 3.05) is 0 Å². The molecule has 1 heterocycles. The van der Waals surface area contributed by atoms with Gasteiger partial charge in [-0.3, -0.25) is 4.98 Å². The van der Waals surface area contributed by atoms with Gasteiger partial charge in [-0.2, -0.15) is 0 Å². The van der Waals surface area contributed by atoms with Gasteiger partial charge in [0.15, 0.2) is 0 Å². The Balaban J connectivity index is 1.85. The molecule has 1 aromatic heterocycles. The molecule has 0 saturated heterocycles. The number of rotatable bonds is 6. The standard InChI is InChI=1S/C17H20N/c1-2-16(17-12-7-13-18-14-17)11-6-10-15-8-4-3-5-9-15/h3-5,7-9,12-14,16H,1-2,6,10-11H2. The average molecular weight is 238 g/mol. The van der Waals surface area contributed by atoms with E-state index >= 15 is 0 Å². The molecule has 1 radical (unpaired) electrons. The van der Waals surface area contributed by atoms with E-state index in [1.807, 2.05) is 18.5 Å². The Hall–Kier alpha value is -1.63. The third-order valence-electron chi connectivity index (χ3n) is 3.37. The van der Waals surface area contributed by atoms with Crippen molar-refractivity contribution >= 4 is 0 Å². The zero-order valence-corrected chi connectivity index (χ0v) is 10.8. The number of hydrogen-bond acceptors (Lipinski definition) is 1. The summed E-state index contributed by atoms with van der Waals surface area (Å²) in [6, 6.07) is 14.8. The molecule has 2 aromatic rings. The minimum absolute atomic E-state index is 0.544. The fraction of sp³-hybridized carbons (Fsp3) is 0.294. The van der Waals surface area contributed by atoms with Crippen molar-refractivity contribution in [3.8, 4) is 0 Å². The second-order valence-corrected chi connectivity index (χ2v) is 4.65. The summed E-state index contributed by atoms with van der Waals surface area (Å²) in [5.74, 6) is 0.544. The Morgan fingerprint density at radius 3 is 2.56 bits per heavy atom. The Kier molecular flexibility index (Phi) is 4.95. The molecule has 1 atom stereocenters. The highest BCUT2D eigenvalue weighted by atomic mass is 14.6. The Bertz CT molecular complexity index is 436. The van der Waals surface area contributed by atoms with E-state index in [4.69, 9.17) is 0 Å². The second kappa shape index (κ2) is 6.95. The van der Waals surface area contributed by atoms with Gasteiger partial charge in [0.2, 0.25) is 0 Å². The van der Waals surface area contributed by atoms with E-state index in [1.54, 1.807) is 0 Å². The number of aromatic nitrogens is 1. The second-order valence-electron chi connectivity index (χ2n) is 4.65. The molecule has 1 unspecified atom stereocenters. The van der Waals surface area contributed by atoms with Crippen LogP contribution in [0.15, 0.2) is 54.9 Å². The molecule has 0 aliphatic rings. The highest BCUT2D eigenvalue weighted by Gasteiger charge is 2.08. The van der Waals surface area contributed by atoms with Gasteiger partial charge in [0.1, 0.15) is 0 Å². The largest absolute Gasteiger partial charge is 0.264 e. The van der Waals surface area contributed by atoms with Crippen LogP contribution < -0.4 is 0 Å². The topological polar surface area (TPSA) is 12.9 Å². The van der Waals surface area contributed by atoms with E-state index in [1.165, 1.54) is 24.0 Å². The van der Waals surface area contributed by atoms with Crippen LogP contribution in [-0.2, 0) is 6.42 Å². The molecule has 0 N–H and O–H groups in total. The summed E-state index contributed by atoms with van der Waals surface area (Å²) >= 11 is 0. The molecule has 2 rings (SSSR count). The van der Waals surface area contributed by atoms with Gasteiger partial charge in [-0.15, -0.1) is 0 Å². The van der Waals surface area contributed by atoms with Crippen molar-refractivity contribution in [1.82, 2.24) is 4.98 Å². The molecule has 1 nitrogen and oxygen atoms in total. The monoisotopic (exact) mass is 238 g/mol. The zero-order chi connectivity index (χ0) is 12.6. The van der Waals surface area contributed by atoms with Crippen LogP contribution in [0.5, 0.6) is 0 Å². The van der Waals surface area contributed by atoms with Crippen LogP contribution in [0.2, 0.25) is 0 Å². The molecule has 0 aliphatic carbocycles. The first-order valence-corrected chi connectivity index (χ1v) is 6.63. The molecule has 1 aromatic carbocycles. The number of pyridine rings is 1. The van der Waals surface area contributed by atoms with Crippen molar-refractivity contribution in [3.05, 3.63) is 72.9 Å². The summed E-state index contributed by atoms with van der Waals surface area (Å²) in [4.78, 5) is 4.19. The lowest BCUT2D eigenvalue weighted by Gasteiger charge is -2.14. The molecule has 0 bridgehead atoms. The van der Waals surface area contributed by atoms with E-state index < -0.39 is 0 Å². The van der Waals surface area contributed by atoms with E-state index in [-0.39, 0.29) is 0 Å². The molecule has 18 heavy (non-hydrogen) atoms. The summed E-state index contributed by atoms with van der Waals surface area (Å²) in [6.07, 6.45) is 8.28. The summed E-state index contributed by atoms with van der Waals surface area (Å²) < 4.78 is 0. The Morgan fingerprint density at radius 2 is 1.89 bits per heavy atom. The van der Waals surface area contributed by atoms with Crippen molar-refractivity contribution in [1.29, 1.82) is 0 Å². The first-order valence-electron chi connectivity index (χ1n) is 6.63. The van der Waals surface area contributed by atoms with E-state index in [2.05, 4.69) is 48.3 Å². The fourth-order valence-corrected chi connectivity index (χ4v) is 2.29. The molecule has 0 spiro atoms. The maximum atomic E-state index is 4.19. The van der Waals surface area contributed by atoms with Gasteiger partial charge in [0.25, 0.3) is 0 Å². The predicted molar refractivity (Wildman–Crippen MR) is 76.3 cm³/mol. The number of nitrogens with zero attached hydrogens (tertiary/aromatic N) is 1. The smallest absolute Gasteiger partial charge is 0.0302 e. The first-order chi connectivity index (χ1) is 8.90. The maximum absolute atomic E-state index is 4.19. The Morgan fingerprint density at radius 1 is 1.06 bits per heavy atom. The lowest BCUT2D eigenvalue weighted by molar-refractivity contribution is 0.594. The lowest BCUT2D eigenvalue weighted by atomic mass is 9.91. The van der Waals surface area contributed by atoms with Gasteiger partial charge < -0.3 is 0 Å². The van der Waals surface area contributed by atoms with Crippen LogP contribution in [0.4, 0.5) is 0 Å². The number of benzene rings is 1. The fourth-order valence-electron chi connectivity index (χ4n) is 2.29. The van der Waals surface area contributed by atoms with Gasteiger partial charge >= 0.3 is 0 Å². The molecule has 93 valence electrons. The van der Waals surface area contributed by atoms with Gasteiger partial charge in [-0.25, -0.2) is 0 Å². The van der Waals surface area contributed by atoms with Crippen LogP contribution in [-0.4, -0.2) is 4.98 Å². The van der Waals surface area contributed by atoms with E-state index in [0.29, 0.717) is 5.92 Å². The van der Waals surface area contributed by atoms with Crippen LogP contribution >= 0.6 is 0 Å². The van der Waals surface area contributed by atoms with E-state index in [0.717, 1.165) is 12.8 Å². The average Bonchev–Trinajstić information content (AvgIpc) is 2.46. The number of hydrogen-bond donors (Lipinski definition) is 0. The molecule has 0 aliphatic heterocycles. The van der Waals surface area contributed by atoms with E-state index in [9.17, 15) is 0 Å². The minimum Gasteiger partial charge on any atom is -0.264 e. The predicted octanol–water partition coefficient (Wildman–Crippen LogP) is 4.41. The van der Waals surface area contributed by atoms with Crippen LogP contribution in [0, 0.1) is 6.92 Å². The van der Waals surface area contributed by atoms with Gasteiger partial charge in [-0.1, -0.05) is 43.3 Å². The normalized spacial score (nSPS) is 12.3. The van der Waals surface area contributed by atoms with Gasteiger partial charge in [-0.05, 0) is 48.8 Å².